The van der Waals surface area contributed by atoms with Gasteiger partial charge in [0.05, 0.1) is 25.7 Å². The molecule has 2 saturated heterocycles. The Morgan fingerprint density at radius 1 is 1.22 bits per heavy atom. The molecule has 0 radical (unpaired) electrons. The summed E-state index contributed by atoms with van der Waals surface area (Å²) in [6, 6.07) is 0. The van der Waals surface area contributed by atoms with Crippen LogP contribution >= 0.6 is 0 Å². The van der Waals surface area contributed by atoms with Crippen LogP contribution in [0.3, 0.4) is 0 Å². The van der Waals surface area contributed by atoms with Gasteiger partial charge in [0.1, 0.15) is 6.54 Å². The van der Waals surface area contributed by atoms with Gasteiger partial charge in [-0.05, 0) is 42.5 Å². The van der Waals surface area contributed by atoms with Crippen LogP contribution in [0, 0.1) is 0 Å². The average Bonchev–Trinajstić information content (AvgIpc) is 3.04. The van der Waals surface area contributed by atoms with Gasteiger partial charge in [-0.25, -0.2) is 4.68 Å². The standard InChI is InChI=1S/C12H21N5O/c1-2-6-16(7-3-1)10-12-13-14-15-17(12)9-11-5-4-8-18-11/h11H,1-10H2/p+1/t11-/m1/s1. The van der Waals surface area contributed by atoms with Crippen LogP contribution in [-0.4, -0.2) is 46.0 Å². The highest BCUT2D eigenvalue weighted by Crippen LogP contribution is 2.13. The van der Waals surface area contributed by atoms with Crippen LogP contribution in [0.25, 0.3) is 0 Å². The van der Waals surface area contributed by atoms with Gasteiger partial charge < -0.3 is 9.64 Å². The maximum absolute atomic E-state index is 5.65. The predicted octanol–water partition coefficient (Wildman–Crippen LogP) is -0.579. The Labute approximate surface area is 107 Å². The lowest BCUT2D eigenvalue weighted by atomic mass is 10.1. The Bertz CT molecular complexity index is 368. The SMILES string of the molecule is C1CC[NH+](Cc2nnnn2C[C@H]2CCCO2)CC1. The Kier molecular flexibility index (Phi) is 3.85. The minimum atomic E-state index is 0.309. The number of quaternary nitrogens is 1. The van der Waals surface area contributed by atoms with E-state index in [1.807, 2.05) is 4.68 Å². The second kappa shape index (κ2) is 5.75. The number of nitrogens with one attached hydrogen (secondary N) is 1. The van der Waals surface area contributed by atoms with Gasteiger partial charge in [-0.3, -0.25) is 0 Å². The molecule has 0 bridgehead atoms. The van der Waals surface area contributed by atoms with E-state index in [0.717, 1.165) is 31.9 Å². The maximum Gasteiger partial charge on any atom is 0.206 e. The zero-order valence-corrected chi connectivity index (χ0v) is 10.8. The molecule has 0 aliphatic carbocycles. The van der Waals surface area contributed by atoms with Gasteiger partial charge >= 0.3 is 0 Å². The summed E-state index contributed by atoms with van der Waals surface area (Å²) in [4.78, 5) is 1.62. The van der Waals surface area contributed by atoms with Crippen molar-refractivity contribution < 1.29 is 9.64 Å². The molecule has 100 valence electrons. The molecule has 0 amide bonds. The molecule has 6 heteroatoms. The Morgan fingerprint density at radius 3 is 2.89 bits per heavy atom. The van der Waals surface area contributed by atoms with Crippen LogP contribution in [0.4, 0.5) is 0 Å². The highest BCUT2D eigenvalue weighted by Gasteiger charge is 2.21. The smallest absolute Gasteiger partial charge is 0.206 e. The first-order chi connectivity index (χ1) is 8.92. The number of likely N-dealkylation sites (tertiary alicyclic amines) is 1. The number of hydrogen-bond acceptors (Lipinski definition) is 4. The summed E-state index contributed by atoms with van der Waals surface area (Å²) < 4.78 is 7.59. The molecule has 3 rings (SSSR count). The summed E-state index contributed by atoms with van der Waals surface area (Å²) in [6.07, 6.45) is 6.66. The van der Waals surface area contributed by atoms with Crippen molar-refractivity contribution in [2.75, 3.05) is 19.7 Å². The summed E-state index contributed by atoms with van der Waals surface area (Å²) in [6.45, 7) is 5.18. The Balaban J connectivity index is 1.59. The third-order valence-electron chi connectivity index (χ3n) is 3.98. The Morgan fingerprint density at radius 2 is 2.11 bits per heavy atom. The van der Waals surface area contributed by atoms with Gasteiger partial charge in [0.25, 0.3) is 0 Å². The second-order valence-corrected chi connectivity index (χ2v) is 5.40. The van der Waals surface area contributed by atoms with Crippen molar-refractivity contribution in [1.29, 1.82) is 0 Å². The molecule has 2 aliphatic heterocycles. The molecule has 0 aromatic carbocycles. The number of rotatable bonds is 4. The summed E-state index contributed by atoms with van der Waals surface area (Å²) in [5.74, 6) is 1.02. The first-order valence-electron chi connectivity index (χ1n) is 7.12. The normalized spacial score (nSPS) is 25.7. The van der Waals surface area contributed by atoms with Gasteiger partial charge in [0.15, 0.2) is 0 Å². The van der Waals surface area contributed by atoms with Crippen LogP contribution in [0.5, 0.6) is 0 Å². The summed E-state index contributed by atoms with van der Waals surface area (Å²) in [5.41, 5.74) is 0. The number of piperidine rings is 1. The van der Waals surface area contributed by atoms with Crippen molar-refractivity contribution >= 4 is 0 Å². The van der Waals surface area contributed by atoms with Gasteiger partial charge in [0.2, 0.25) is 5.82 Å². The lowest BCUT2D eigenvalue weighted by Gasteiger charge is -2.23. The maximum atomic E-state index is 5.65. The number of aromatic nitrogens is 4. The third-order valence-corrected chi connectivity index (χ3v) is 3.98. The van der Waals surface area contributed by atoms with Gasteiger partial charge in [0, 0.05) is 6.61 Å². The van der Waals surface area contributed by atoms with Gasteiger partial charge in [-0.15, -0.1) is 5.10 Å². The molecular formula is C12H22N5O+. The fourth-order valence-electron chi connectivity index (χ4n) is 2.93. The monoisotopic (exact) mass is 252 g/mol. The van der Waals surface area contributed by atoms with E-state index in [1.165, 1.54) is 38.8 Å². The Hall–Kier alpha value is -1.01. The van der Waals surface area contributed by atoms with Crippen LogP contribution in [0.2, 0.25) is 0 Å². The van der Waals surface area contributed by atoms with E-state index in [2.05, 4.69) is 15.5 Å². The van der Waals surface area contributed by atoms with Crippen molar-refractivity contribution in [3.05, 3.63) is 5.82 Å². The zero-order valence-electron chi connectivity index (χ0n) is 10.8. The van der Waals surface area contributed by atoms with Crippen LogP contribution < -0.4 is 4.90 Å². The van der Waals surface area contributed by atoms with Crippen LogP contribution in [0.15, 0.2) is 0 Å². The average molecular weight is 252 g/mol. The van der Waals surface area contributed by atoms with Crippen molar-refractivity contribution in [2.45, 2.75) is 51.3 Å². The minimum absolute atomic E-state index is 0.309. The molecule has 2 aliphatic rings. The first-order valence-corrected chi connectivity index (χ1v) is 7.12. The lowest BCUT2D eigenvalue weighted by molar-refractivity contribution is -0.919. The quantitative estimate of drug-likeness (QED) is 0.779. The summed E-state index contributed by atoms with van der Waals surface area (Å²) in [5, 5.41) is 12.1. The van der Waals surface area contributed by atoms with E-state index in [4.69, 9.17) is 4.74 Å². The summed E-state index contributed by atoms with van der Waals surface area (Å²) in [7, 11) is 0. The van der Waals surface area contributed by atoms with Crippen molar-refractivity contribution in [3.8, 4) is 0 Å². The topological polar surface area (TPSA) is 57.3 Å². The van der Waals surface area contributed by atoms with E-state index < -0.39 is 0 Å². The van der Waals surface area contributed by atoms with E-state index >= 15 is 0 Å². The van der Waals surface area contributed by atoms with E-state index in [9.17, 15) is 0 Å². The number of ether oxygens (including phenoxy) is 1. The molecule has 1 atom stereocenters. The minimum Gasteiger partial charge on any atom is -0.376 e. The van der Waals surface area contributed by atoms with Crippen molar-refractivity contribution in [1.82, 2.24) is 20.2 Å². The molecule has 1 N–H and O–H groups in total. The fraction of sp³-hybridized carbons (Fsp3) is 0.917. The third kappa shape index (κ3) is 2.87. The molecule has 18 heavy (non-hydrogen) atoms. The number of tetrazole rings is 1. The molecule has 2 fully saturated rings. The van der Waals surface area contributed by atoms with E-state index in [-0.39, 0.29) is 0 Å². The lowest BCUT2D eigenvalue weighted by Crippen LogP contribution is -3.11. The molecule has 0 spiro atoms. The van der Waals surface area contributed by atoms with Crippen molar-refractivity contribution in [2.24, 2.45) is 0 Å². The zero-order chi connectivity index (χ0) is 12.2. The molecule has 0 unspecified atom stereocenters. The molecule has 6 nitrogen and oxygen atoms in total. The molecular weight excluding hydrogens is 230 g/mol. The second-order valence-electron chi connectivity index (χ2n) is 5.40. The number of nitrogens with zero attached hydrogens (tertiary/aromatic N) is 4. The highest BCUT2D eigenvalue weighted by atomic mass is 16.5. The highest BCUT2D eigenvalue weighted by molar-refractivity contribution is 4.79. The first kappa shape index (κ1) is 12.0. The van der Waals surface area contributed by atoms with Gasteiger partial charge in [-0.2, -0.15) is 0 Å². The van der Waals surface area contributed by atoms with Crippen LogP contribution in [-0.2, 0) is 17.8 Å². The van der Waals surface area contributed by atoms with Gasteiger partial charge in [-0.1, -0.05) is 0 Å². The predicted molar refractivity (Wildman–Crippen MR) is 65.0 cm³/mol. The molecule has 3 heterocycles. The number of hydrogen-bond donors (Lipinski definition) is 1. The van der Waals surface area contributed by atoms with E-state index in [1.54, 1.807) is 4.90 Å². The van der Waals surface area contributed by atoms with Crippen molar-refractivity contribution in [3.63, 3.8) is 0 Å². The molecule has 1 aromatic rings. The largest absolute Gasteiger partial charge is 0.376 e. The molecule has 1 aromatic heterocycles. The van der Waals surface area contributed by atoms with E-state index in [0.29, 0.717) is 6.10 Å². The fourth-order valence-corrected chi connectivity index (χ4v) is 2.93. The van der Waals surface area contributed by atoms with Crippen LogP contribution in [0.1, 0.15) is 37.9 Å². The summed E-state index contributed by atoms with van der Waals surface area (Å²) >= 11 is 0. The molecule has 0 saturated carbocycles.